The minimum absolute atomic E-state index is 0.00278. The molecule has 3 aliphatic rings. The van der Waals surface area contributed by atoms with Crippen LogP contribution in [0.15, 0.2) is 48.5 Å². The first-order chi connectivity index (χ1) is 16.4. The van der Waals surface area contributed by atoms with Crippen molar-refractivity contribution < 1.29 is 29.0 Å². The van der Waals surface area contributed by atoms with Crippen LogP contribution in [0.3, 0.4) is 0 Å². The van der Waals surface area contributed by atoms with E-state index in [1.165, 1.54) is 4.90 Å². The highest BCUT2D eigenvalue weighted by molar-refractivity contribution is 5.85. The lowest BCUT2D eigenvalue weighted by Gasteiger charge is -2.28. The van der Waals surface area contributed by atoms with Crippen molar-refractivity contribution in [2.45, 2.75) is 56.3 Å². The molecule has 0 bridgehead atoms. The number of fused-ring (bicyclic) bond motifs is 4. The molecule has 8 nitrogen and oxygen atoms in total. The fourth-order valence-corrected chi connectivity index (χ4v) is 5.58. The maximum Gasteiger partial charge on any atom is 0.407 e. The van der Waals surface area contributed by atoms with Crippen molar-refractivity contribution in [1.29, 1.82) is 0 Å². The maximum atomic E-state index is 13.0. The van der Waals surface area contributed by atoms with Gasteiger partial charge in [-0.2, -0.15) is 0 Å². The number of carboxylic acids is 1. The highest BCUT2D eigenvalue weighted by Crippen LogP contribution is 2.44. The van der Waals surface area contributed by atoms with Gasteiger partial charge in [0.05, 0.1) is 12.1 Å². The van der Waals surface area contributed by atoms with Gasteiger partial charge in [-0.05, 0) is 35.6 Å². The van der Waals surface area contributed by atoms with Gasteiger partial charge in [-0.15, -0.1) is 0 Å². The zero-order valence-corrected chi connectivity index (χ0v) is 19.0. The number of hydrogen-bond acceptors (Lipinski definition) is 5. The number of benzene rings is 2. The predicted molar refractivity (Wildman–Crippen MR) is 123 cm³/mol. The Bertz CT molecular complexity index is 1070. The summed E-state index contributed by atoms with van der Waals surface area (Å²) in [6.45, 7) is 2.43. The van der Waals surface area contributed by atoms with E-state index < -0.39 is 24.1 Å². The Morgan fingerprint density at radius 3 is 2.41 bits per heavy atom. The van der Waals surface area contributed by atoms with Crippen LogP contribution in [0, 0.1) is 0 Å². The van der Waals surface area contributed by atoms with Crippen LogP contribution in [0.4, 0.5) is 4.79 Å². The number of amides is 2. The summed E-state index contributed by atoms with van der Waals surface area (Å²) in [6, 6.07) is 14.6. The van der Waals surface area contributed by atoms with Gasteiger partial charge in [0.15, 0.2) is 0 Å². The summed E-state index contributed by atoms with van der Waals surface area (Å²) in [7, 11) is 0. The third kappa shape index (κ3) is 4.03. The van der Waals surface area contributed by atoms with E-state index in [2.05, 4.69) is 29.6 Å². The van der Waals surface area contributed by atoms with Gasteiger partial charge in [0.25, 0.3) is 0 Å². The Morgan fingerprint density at radius 2 is 1.76 bits per heavy atom. The number of alkyl carbamates (subject to hydrolysis) is 1. The van der Waals surface area contributed by atoms with Gasteiger partial charge >= 0.3 is 12.1 Å². The second-order valence-corrected chi connectivity index (χ2v) is 9.23. The summed E-state index contributed by atoms with van der Waals surface area (Å²) in [5.74, 6) is -1.37. The van der Waals surface area contributed by atoms with Crippen LogP contribution < -0.4 is 5.32 Å². The molecular weight excluding hydrogens is 436 g/mol. The van der Waals surface area contributed by atoms with Gasteiger partial charge in [-0.3, -0.25) is 4.79 Å². The number of hydrogen-bond donors (Lipinski definition) is 2. The summed E-state index contributed by atoms with van der Waals surface area (Å²) in [4.78, 5) is 38.6. The smallest absolute Gasteiger partial charge is 0.407 e. The highest BCUT2D eigenvalue weighted by Gasteiger charge is 2.49. The van der Waals surface area contributed by atoms with E-state index in [0.717, 1.165) is 22.3 Å². The normalized spacial score (nSPS) is 23.7. The van der Waals surface area contributed by atoms with Crippen LogP contribution >= 0.6 is 0 Å². The van der Waals surface area contributed by atoms with Gasteiger partial charge in [0.1, 0.15) is 12.6 Å². The molecular formula is C26H28N2O6. The topological polar surface area (TPSA) is 105 Å². The lowest BCUT2D eigenvalue weighted by molar-refractivity contribution is -0.149. The molecule has 0 saturated carbocycles. The maximum absolute atomic E-state index is 13.0. The molecule has 0 radical (unpaired) electrons. The van der Waals surface area contributed by atoms with E-state index in [0.29, 0.717) is 19.4 Å². The lowest BCUT2D eigenvalue weighted by Crippen LogP contribution is -2.47. The fraction of sp³-hybridized carbons (Fsp3) is 0.423. The van der Waals surface area contributed by atoms with Gasteiger partial charge in [0.2, 0.25) is 5.91 Å². The van der Waals surface area contributed by atoms with Crippen molar-refractivity contribution in [1.82, 2.24) is 10.2 Å². The van der Waals surface area contributed by atoms with Crippen LogP contribution in [0.1, 0.15) is 43.2 Å². The molecule has 1 aliphatic carbocycles. The molecule has 34 heavy (non-hydrogen) atoms. The van der Waals surface area contributed by atoms with Gasteiger partial charge in [0, 0.05) is 31.4 Å². The van der Waals surface area contributed by atoms with Gasteiger partial charge < -0.3 is 24.8 Å². The molecule has 2 aromatic rings. The summed E-state index contributed by atoms with van der Waals surface area (Å²) < 4.78 is 11.1. The number of ether oxygens (including phenoxy) is 2. The van der Waals surface area contributed by atoms with E-state index in [4.69, 9.17) is 9.47 Å². The first-order valence-electron chi connectivity index (χ1n) is 11.7. The second-order valence-electron chi connectivity index (χ2n) is 9.23. The Hall–Kier alpha value is -3.39. The minimum atomic E-state index is -1.02. The molecule has 5 rings (SSSR count). The number of carboxylic acid groups (broad SMARTS) is 1. The molecule has 2 fully saturated rings. The van der Waals surface area contributed by atoms with Gasteiger partial charge in [-0.1, -0.05) is 48.5 Å². The predicted octanol–water partition coefficient (Wildman–Crippen LogP) is 3.15. The number of likely N-dealkylation sites (tertiary alicyclic amines) is 1. The zero-order valence-electron chi connectivity index (χ0n) is 19.0. The summed E-state index contributed by atoms with van der Waals surface area (Å²) in [6.07, 6.45) is 0.113. The molecule has 2 unspecified atom stereocenters. The van der Waals surface area contributed by atoms with E-state index in [-0.39, 0.29) is 37.0 Å². The molecule has 2 aromatic carbocycles. The quantitative estimate of drug-likeness (QED) is 0.681. The third-order valence-electron chi connectivity index (χ3n) is 7.09. The molecule has 0 spiro atoms. The average Bonchev–Trinajstić information content (AvgIpc) is 3.49. The van der Waals surface area contributed by atoms with Crippen molar-refractivity contribution in [3.05, 3.63) is 59.7 Å². The molecule has 178 valence electrons. The van der Waals surface area contributed by atoms with Crippen LogP contribution in [-0.2, 0) is 19.1 Å². The largest absolute Gasteiger partial charge is 0.480 e. The number of carbonyl (C=O) groups is 3. The van der Waals surface area contributed by atoms with Crippen molar-refractivity contribution in [3.8, 4) is 11.1 Å². The average molecular weight is 465 g/mol. The highest BCUT2D eigenvalue weighted by atomic mass is 16.5. The van der Waals surface area contributed by atoms with Crippen molar-refractivity contribution in [2.75, 3.05) is 13.2 Å². The van der Waals surface area contributed by atoms with E-state index in [9.17, 15) is 19.5 Å². The van der Waals surface area contributed by atoms with E-state index in [1.807, 2.05) is 24.3 Å². The molecule has 4 atom stereocenters. The SMILES string of the molecule is CC(CC(=O)N1C(C(=O)O)C[C@H]2OCC[C@H]21)NC(=O)OCC1c2ccccc2-c2ccccc21. The Labute approximate surface area is 197 Å². The van der Waals surface area contributed by atoms with Gasteiger partial charge in [-0.25, -0.2) is 9.59 Å². The molecule has 2 heterocycles. The number of nitrogens with one attached hydrogen (secondary N) is 1. The van der Waals surface area contributed by atoms with Crippen LogP contribution in [-0.4, -0.2) is 65.4 Å². The number of carbonyl (C=O) groups excluding carboxylic acids is 2. The minimum Gasteiger partial charge on any atom is -0.480 e. The number of nitrogens with zero attached hydrogens (tertiary/aromatic N) is 1. The second kappa shape index (κ2) is 9.10. The monoisotopic (exact) mass is 464 g/mol. The lowest BCUT2D eigenvalue weighted by atomic mass is 9.98. The Balaban J connectivity index is 1.18. The molecule has 2 aliphatic heterocycles. The molecule has 8 heteroatoms. The first kappa shape index (κ1) is 22.4. The number of aliphatic carboxylic acids is 1. The van der Waals surface area contributed by atoms with E-state index in [1.54, 1.807) is 6.92 Å². The summed E-state index contributed by atoms with van der Waals surface area (Å²) >= 11 is 0. The van der Waals surface area contributed by atoms with Crippen LogP contribution in [0.2, 0.25) is 0 Å². The molecule has 2 amide bonds. The zero-order chi connectivity index (χ0) is 23.8. The van der Waals surface area contributed by atoms with Crippen LogP contribution in [0.5, 0.6) is 0 Å². The first-order valence-corrected chi connectivity index (χ1v) is 11.7. The van der Waals surface area contributed by atoms with Crippen molar-refractivity contribution in [2.24, 2.45) is 0 Å². The Morgan fingerprint density at radius 1 is 1.12 bits per heavy atom. The molecule has 2 saturated heterocycles. The van der Waals surface area contributed by atoms with E-state index >= 15 is 0 Å². The van der Waals surface area contributed by atoms with Crippen molar-refractivity contribution >= 4 is 18.0 Å². The fourth-order valence-electron chi connectivity index (χ4n) is 5.58. The summed E-state index contributed by atoms with van der Waals surface area (Å²) in [5.41, 5.74) is 4.56. The molecule has 2 N–H and O–H groups in total. The summed E-state index contributed by atoms with van der Waals surface area (Å²) in [5, 5.41) is 12.3. The third-order valence-corrected chi connectivity index (χ3v) is 7.09. The number of rotatable bonds is 6. The van der Waals surface area contributed by atoms with Crippen LogP contribution in [0.25, 0.3) is 11.1 Å². The Kier molecular flexibility index (Phi) is 6.00. The van der Waals surface area contributed by atoms with Crippen molar-refractivity contribution in [3.63, 3.8) is 0 Å². The molecule has 0 aromatic heterocycles. The standard InChI is InChI=1S/C26H28N2O6/c1-15(12-24(29)28-21-10-11-33-23(21)13-22(28)25(30)31)27-26(32)34-14-20-18-8-4-2-6-16(18)17-7-3-5-9-19(17)20/h2-9,15,20-23H,10-14H2,1H3,(H,27,32)(H,30,31)/t15?,21-,22?,23-/m1/s1.